The SMILES string of the molecule is Nc1nc(Nc2ccn(CC(F)F)n2)ncc1[N+](=O)[O-]. The summed E-state index contributed by atoms with van der Waals surface area (Å²) in [5.74, 6) is -0.103. The summed E-state index contributed by atoms with van der Waals surface area (Å²) < 4.78 is 25.3. The normalized spacial score (nSPS) is 10.8. The predicted molar refractivity (Wildman–Crippen MR) is 64.6 cm³/mol. The van der Waals surface area contributed by atoms with Crippen LogP contribution in [0, 0.1) is 10.1 Å². The van der Waals surface area contributed by atoms with Crippen LogP contribution in [0.4, 0.5) is 32.1 Å². The van der Waals surface area contributed by atoms with Crippen molar-refractivity contribution in [3.8, 4) is 0 Å². The summed E-state index contributed by atoms with van der Waals surface area (Å²) in [5, 5.41) is 16.9. The van der Waals surface area contributed by atoms with Gasteiger partial charge in [-0.05, 0) is 0 Å². The van der Waals surface area contributed by atoms with Gasteiger partial charge in [-0.1, -0.05) is 0 Å². The second-order valence-corrected chi connectivity index (χ2v) is 3.66. The van der Waals surface area contributed by atoms with Crippen LogP contribution in [0.3, 0.4) is 0 Å². The highest BCUT2D eigenvalue weighted by Gasteiger charge is 2.14. The maximum absolute atomic E-state index is 12.1. The van der Waals surface area contributed by atoms with Crippen LogP contribution in [0.1, 0.15) is 0 Å². The van der Waals surface area contributed by atoms with Crippen molar-refractivity contribution in [2.24, 2.45) is 0 Å². The lowest BCUT2D eigenvalue weighted by Gasteiger charge is -2.02. The number of nitro groups is 1. The summed E-state index contributed by atoms with van der Waals surface area (Å²) in [4.78, 5) is 17.2. The van der Waals surface area contributed by atoms with Crippen LogP contribution in [0.25, 0.3) is 0 Å². The number of rotatable bonds is 5. The van der Waals surface area contributed by atoms with E-state index in [1.807, 2.05) is 0 Å². The van der Waals surface area contributed by atoms with Gasteiger partial charge in [0.2, 0.25) is 11.8 Å². The molecule has 11 heteroatoms. The van der Waals surface area contributed by atoms with Crippen LogP contribution in [-0.4, -0.2) is 31.1 Å². The molecule has 0 saturated heterocycles. The summed E-state index contributed by atoms with van der Waals surface area (Å²) in [6, 6.07) is 1.43. The van der Waals surface area contributed by atoms with E-state index in [0.29, 0.717) is 0 Å². The number of nitrogens with two attached hydrogens (primary N) is 1. The van der Waals surface area contributed by atoms with Gasteiger partial charge in [0, 0.05) is 12.3 Å². The third-order valence-corrected chi connectivity index (χ3v) is 2.20. The van der Waals surface area contributed by atoms with Crippen LogP contribution in [-0.2, 0) is 6.54 Å². The molecule has 0 saturated carbocycles. The number of hydrogen-bond acceptors (Lipinski definition) is 7. The number of hydrogen-bond donors (Lipinski definition) is 2. The molecule has 0 spiro atoms. The first kappa shape index (κ1) is 13.6. The molecule has 3 N–H and O–H groups in total. The Morgan fingerprint density at radius 2 is 2.30 bits per heavy atom. The number of anilines is 3. The fourth-order valence-corrected chi connectivity index (χ4v) is 1.38. The molecule has 0 aromatic carbocycles. The minimum Gasteiger partial charge on any atom is -0.378 e. The average Bonchev–Trinajstić information content (AvgIpc) is 2.75. The van der Waals surface area contributed by atoms with E-state index in [0.717, 1.165) is 10.9 Å². The third-order valence-electron chi connectivity index (χ3n) is 2.20. The first-order chi connectivity index (χ1) is 9.45. The molecule has 2 aromatic rings. The van der Waals surface area contributed by atoms with Gasteiger partial charge >= 0.3 is 5.69 Å². The van der Waals surface area contributed by atoms with Crippen LogP contribution < -0.4 is 11.1 Å². The number of alkyl halides is 2. The molecule has 0 amide bonds. The molecule has 0 fully saturated rings. The number of nitrogens with one attached hydrogen (secondary N) is 1. The summed E-state index contributed by atoms with van der Waals surface area (Å²) in [6.07, 6.45) is -0.224. The van der Waals surface area contributed by atoms with E-state index >= 15 is 0 Å². The van der Waals surface area contributed by atoms with Crippen molar-refractivity contribution < 1.29 is 13.7 Å². The molecule has 0 radical (unpaired) electrons. The van der Waals surface area contributed by atoms with E-state index in [-0.39, 0.29) is 17.6 Å². The smallest absolute Gasteiger partial charge is 0.329 e. The van der Waals surface area contributed by atoms with Crippen LogP contribution in [0.2, 0.25) is 0 Å². The average molecular weight is 285 g/mol. The van der Waals surface area contributed by atoms with E-state index in [2.05, 4.69) is 20.4 Å². The first-order valence-corrected chi connectivity index (χ1v) is 5.31. The van der Waals surface area contributed by atoms with Gasteiger partial charge in [-0.3, -0.25) is 14.8 Å². The van der Waals surface area contributed by atoms with Crippen molar-refractivity contribution in [1.82, 2.24) is 19.7 Å². The summed E-state index contributed by atoms with van der Waals surface area (Å²) in [7, 11) is 0. The Balaban J connectivity index is 2.12. The number of aromatic nitrogens is 4. The van der Waals surface area contributed by atoms with E-state index < -0.39 is 23.6 Å². The van der Waals surface area contributed by atoms with Gasteiger partial charge in [0.25, 0.3) is 6.43 Å². The van der Waals surface area contributed by atoms with Gasteiger partial charge in [0.15, 0.2) is 5.82 Å². The Morgan fingerprint density at radius 3 is 2.90 bits per heavy atom. The van der Waals surface area contributed by atoms with Gasteiger partial charge in [-0.25, -0.2) is 13.8 Å². The van der Waals surface area contributed by atoms with Crippen molar-refractivity contribution in [3.05, 3.63) is 28.6 Å². The van der Waals surface area contributed by atoms with Crippen LogP contribution in [0.5, 0.6) is 0 Å². The molecule has 20 heavy (non-hydrogen) atoms. The van der Waals surface area contributed by atoms with Gasteiger partial charge in [0.1, 0.15) is 12.7 Å². The molecule has 0 aliphatic carbocycles. The van der Waals surface area contributed by atoms with Gasteiger partial charge in [-0.2, -0.15) is 10.1 Å². The highest BCUT2D eigenvalue weighted by Crippen LogP contribution is 2.19. The highest BCUT2D eigenvalue weighted by atomic mass is 19.3. The third kappa shape index (κ3) is 3.13. The van der Waals surface area contributed by atoms with Crippen molar-refractivity contribution >= 4 is 23.3 Å². The van der Waals surface area contributed by atoms with E-state index in [1.165, 1.54) is 12.3 Å². The maximum Gasteiger partial charge on any atom is 0.329 e. The Bertz CT molecular complexity index is 631. The molecule has 0 bridgehead atoms. The summed E-state index contributed by atoms with van der Waals surface area (Å²) >= 11 is 0. The molecular formula is C9H9F2N7O2. The Morgan fingerprint density at radius 1 is 1.55 bits per heavy atom. The van der Waals surface area contributed by atoms with Crippen molar-refractivity contribution in [2.45, 2.75) is 13.0 Å². The van der Waals surface area contributed by atoms with Gasteiger partial charge in [-0.15, -0.1) is 0 Å². The molecular weight excluding hydrogens is 276 g/mol. The lowest BCUT2D eigenvalue weighted by atomic mass is 10.5. The monoisotopic (exact) mass is 285 g/mol. The predicted octanol–water partition coefficient (Wildman–Crippen LogP) is 1.17. The molecule has 2 aromatic heterocycles. The zero-order valence-corrected chi connectivity index (χ0v) is 9.90. The number of nitrogen functional groups attached to an aromatic ring is 1. The van der Waals surface area contributed by atoms with E-state index in [9.17, 15) is 18.9 Å². The topological polar surface area (TPSA) is 125 Å². The molecule has 0 aliphatic rings. The van der Waals surface area contributed by atoms with Crippen molar-refractivity contribution in [2.75, 3.05) is 11.1 Å². The zero-order valence-electron chi connectivity index (χ0n) is 9.90. The second-order valence-electron chi connectivity index (χ2n) is 3.66. The fraction of sp³-hybridized carbons (Fsp3) is 0.222. The van der Waals surface area contributed by atoms with E-state index in [1.54, 1.807) is 0 Å². The number of nitrogens with zero attached hydrogens (tertiary/aromatic N) is 5. The van der Waals surface area contributed by atoms with Crippen molar-refractivity contribution in [3.63, 3.8) is 0 Å². The molecule has 106 valence electrons. The lowest BCUT2D eigenvalue weighted by molar-refractivity contribution is -0.384. The molecule has 2 rings (SSSR count). The van der Waals surface area contributed by atoms with Crippen molar-refractivity contribution in [1.29, 1.82) is 0 Å². The van der Waals surface area contributed by atoms with Crippen LogP contribution in [0.15, 0.2) is 18.5 Å². The molecule has 9 nitrogen and oxygen atoms in total. The molecule has 0 aliphatic heterocycles. The minimum absolute atomic E-state index is 0.0182. The fourth-order valence-electron chi connectivity index (χ4n) is 1.38. The van der Waals surface area contributed by atoms with Gasteiger partial charge < -0.3 is 11.1 Å². The standard InChI is InChI=1S/C9H9F2N7O2/c10-6(11)4-17-2-1-7(16-17)14-9-13-3-5(18(19)20)8(12)15-9/h1-3,6H,4H2,(H3,12,13,14,15,16). The molecule has 0 atom stereocenters. The molecule has 0 unspecified atom stereocenters. The second kappa shape index (κ2) is 5.42. The Labute approximate surface area is 110 Å². The van der Waals surface area contributed by atoms with Gasteiger partial charge in [0.05, 0.1) is 4.92 Å². The quantitative estimate of drug-likeness (QED) is 0.624. The first-order valence-electron chi connectivity index (χ1n) is 5.31. The Hall–Kier alpha value is -2.85. The largest absolute Gasteiger partial charge is 0.378 e. The maximum atomic E-state index is 12.1. The summed E-state index contributed by atoms with van der Waals surface area (Å²) in [5.41, 5.74) is 4.97. The number of halogens is 2. The van der Waals surface area contributed by atoms with Crippen LogP contribution >= 0.6 is 0 Å². The zero-order chi connectivity index (χ0) is 14.7. The molecule has 2 heterocycles. The van der Waals surface area contributed by atoms with E-state index in [4.69, 9.17) is 5.73 Å². The minimum atomic E-state index is -2.52. The lowest BCUT2D eigenvalue weighted by Crippen LogP contribution is -2.08. The summed E-state index contributed by atoms with van der Waals surface area (Å²) in [6.45, 7) is -0.537. The highest BCUT2D eigenvalue weighted by molar-refractivity contribution is 5.56. The Kier molecular flexibility index (Phi) is 3.68.